The highest BCUT2D eigenvalue weighted by atomic mass is 19.2. The van der Waals surface area contributed by atoms with Crippen LogP contribution in [-0.2, 0) is 0 Å². The summed E-state index contributed by atoms with van der Waals surface area (Å²) in [4.78, 5) is 9.18. The second-order valence-corrected chi connectivity index (χ2v) is 2.38. The van der Waals surface area contributed by atoms with E-state index in [9.17, 15) is 23.3 Å². The summed E-state index contributed by atoms with van der Waals surface area (Å²) >= 11 is 0. The molecule has 14 heavy (non-hydrogen) atoms. The van der Waals surface area contributed by atoms with E-state index in [2.05, 4.69) is 0 Å². The Kier molecular flexibility index (Phi) is 2.59. The average molecular weight is 206 g/mol. The van der Waals surface area contributed by atoms with Crippen molar-refractivity contribution in [3.05, 3.63) is 33.6 Å². The molecule has 0 aromatic heterocycles. The maximum atomic E-state index is 12.9. The molecule has 0 amide bonds. The number of nitro groups is 1. The van der Waals surface area contributed by atoms with E-state index >= 15 is 0 Å². The number of rotatable bonds is 2. The number of hydrogen-bond acceptors (Lipinski definition) is 3. The molecule has 7 heteroatoms. The van der Waals surface area contributed by atoms with E-state index in [1.165, 1.54) is 0 Å². The van der Waals surface area contributed by atoms with Crippen molar-refractivity contribution in [1.29, 1.82) is 0 Å². The lowest BCUT2D eigenvalue weighted by Gasteiger charge is -2.04. The molecule has 76 valence electrons. The highest BCUT2D eigenvalue weighted by Crippen LogP contribution is 2.31. The third kappa shape index (κ3) is 1.48. The maximum absolute atomic E-state index is 12.9. The standard InChI is InChI=1S/C7H5F3N2O2/c1-11-6-5(10)3(8)2-4(9)7(6)12(13)14/h2,11H,1H3. The van der Waals surface area contributed by atoms with Crippen LogP contribution in [0.5, 0.6) is 0 Å². The summed E-state index contributed by atoms with van der Waals surface area (Å²) in [7, 11) is 1.13. The second-order valence-electron chi connectivity index (χ2n) is 2.38. The summed E-state index contributed by atoms with van der Waals surface area (Å²) in [5, 5.41) is 12.3. The molecule has 0 fully saturated rings. The van der Waals surface area contributed by atoms with Gasteiger partial charge in [0, 0.05) is 13.1 Å². The van der Waals surface area contributed by atoms with Crippen molar-refractivity contribution in [1.82, 2.24) is 0 Å². The van der Waals surface area contributed by atoms with Crippen molar-refractivity contribution >= 4 is 11.4 Å². The van der Waals surface area contributed by atoms with Crippen molar-refractivity contribution in [3.63, 3.8) is 0 Å². The lowest BCUT2D eigenvalue weighted by atomic mass is 10.2. The Morgan fingerprint density at radius 1 is 1.36 bits per heavy atom. The van der Waals surface area contributed by atoms with Crippen molar-refractivity contribution < 1.29 is 18.1 Å². The molecule has 1 aromatic rings. The van der Waals surface area contributed by atoms with E-state index in [1.807, 2.05) is 5.32 Å². The topological polar surface area (TPSA) is 55.2 Å². The molecule has 0 atom stereocenters. The van der Waals surface area contributed by atoms with Gasteiger partial charge in [-0.05, 0) is 0 Å². The monoisotopic (exact) mass is 206 g/mol. The Morgan fingerprint density at radius 3 is 2.36 bits per heavy atom. The van der Waals surface area contributed by atoms with Crippen LogP contribution in [-0.4, -0.2) is 12.0 Å². The first-order valence-electron chi connectivity index (χ1n) is 3.48. The molecule has 1 rings (SSSR count). The Hall–Kier alpha value is -1.79. The number of halogens is 3. The van der Waals surface area contributed by atoms with Gasteiger partial charge in [0.05, 0.1) is 4.92 Å². The number of nitro benzene ring substituents is 1. The zero-order valence-corrected chi connectivity index (χ0v) is 6.97. The minimum absolute atomic E-state index is 0.133. The largest absolute Gasteiger partial charge is 0.380 e. The van der Waals surface area contributed by atoms with Gasteiger partial charge in [0.25, 0.3) is 0 Å². The van der Waals surface area contributed by atoms with Gasteiger partial charge in [-0.2, -0.15) is 4.39 Å². The number of nitrogens with one attached hydrogen (secondary N) is 1. The van der Waals surface area contributed by atoms with Crippen LogP contribution in [0.1, 0.15) is 0 Å². The molecule has 1 aromatic carbocycles. The first-order valence-corrected chi connectivity index (χ1v) is 3.48. The Morgan fingerprint density at radius 2 is 1.93 bits per heavy atom. The summed E-state index contributed by atoms with van der Waals surface area (Å²) in [6, 6.07) is 0.133. The predicted molar refractivity (Wildman–Crippen MR) is 42.5 cm³/mol. The van der Waals surface area contributed by atoms with E-state index in [0.717, 1.165) is 7.05 Å². The van der Waals surface area contributed by atoms with E-state index < -0.39 is 33.7 Å². The van der Waals surface area contributed by atoms with Gasteiger partial charge in [0.1, 0.15) is 0 Å². The summed E-state index contributed by atoms with van der Waals surface area (Å²) in [5.74, 6) is -4.36. The van der Waals surface area contributed by atoms with Gasteiger partial charge >= 0.3 is 5.69 Å². The third-order valence-electron chi connectivity index (χ3n) is 1.58. The quantitative estimate of drug-likeness (QED) is 0.457. The fourth-order valence-electron chi connectivity index (χ4n) is 0.992. The number of anilines is 1. The van der Waals surface area contributed by atoms with Crippen LogP contribution in [0.15, 0.2) is 6.07 Å². The molecule has 0 bridgehead atoms. The Balaban J connectivity index is 3.55. The lowest BCUT2D eigenvalue weighted by Crippen LogP contribution is -2.04. The van der Waals surface area contributed by atoms with Gasteiger partial charge in [-0.3, -0.25) is 10.1 Å². The normalized spacial score (nSPS) is 10.0. The number of nitrogens with zero attached hydrogens (tertiary/aromatic N) is 1. The van der Waals surface area contributed by atoms with Gasteiger partial charge in [-0.25, -0.2) is 8.78 Å². The molecule has 0 aliphatic rings. The first kappa shape index (κ1) is 10.3. The molecule has 0 saturated carbocycles. The van der Waals surface area contributed by atoms with E-state index in [4.69, 9.17) is 0 Å². The van der Waals surface area contributed by atoms with E-state index in [0.29, 0.717) is 0 Å². The van der Waals surface area contributed by atoms with Crippen LogP contribution in [0, 0.1) is 27.6 Å². The van der Waals surface area contributed by atoms with Gasteiger partial charge in [-0.15, -0.1) is 0 Å². The Labute approximate surface area is 76.5 Å². The van der Waals surface area contributed by atoms with Crippen LogP contribution >= 0.6 is 0 Å². The summed E-state index contributed by atoms with van der Waals surface area (Å²) in [6.45, 7) is 0. The minimum atomic E-state index is -1.47. The Bertz CT molecular complexity index is 395. The fraction of sp³-hybridized carbons (Fsp3) is 0.143. The zero-order chi connectivity index (χ0) is 10.9. The van der Waals surface area contributed by atoms with Crippen molar-refractivity contribution in [2.45, 2.75) is 0 Å². The van der Waals surface area contributed by atoms with Gasteiger partial charge in [0.2, 0.25) is 5.82 Å². The van der Waals surface area contributed by atoms with Crippen molar-refractivity contribution in [3.8, 4) is 0 Å². The van der Waals surface area contributed by atoms with Crippen LogP contribution in [0.4, 0.5) is 24.5 Å². The highest BCUT2D eigenvalue weighted by molar-refractivity contribution is 5.62. The predicted octanol–water partition coefficient (Wildman–Crippen LogP) is 2.05. The molecule has 0 saturated heterocycles. The van der Waals surface area contributed by atoms with E-state index in [-0.39, 0.29) is 6.07 Å². The molecule has 0 unspecified atom stereocenters. The lowest BCUT2D eigenvalue weighted by molar-refractivity contribution is -0.386. The average Bonchev–Trinajstić information content (AvgIpc) is 2.09. The van der Waals surface area contributed by atoms with Gasteiger partial charge in [-0.1, -0.05) is 0 Å². The molecule has 4 nitrogen and oxygen atoms in total. The second kappa shape index (κ2) is 3.52. The maximum Gasteiger partial charge on any atom is 0.330 e. The zero-order valence-electron chi connectivity index (χ0n) is 6.97. The SMILES string of the molecule is CNc1c(F)c(F)cc(F)c1[N+](=O)[O-]. The number of hydrogen-bond donors (Lipinski definition) is 1. The summed E-state index contributed by atoms with van der Waals surface area (Å²) in [5.41, 5.74) is -1.90. The molecule has 0 heterocycles. The van der Waals surface area contributed by atoms with E-state index in [1.54, 1.807) is 0 Å². The molecule has 1 N–H and O–H groups in total. The van der Waals surface area contributed by atoms with Crippen LogP contribution in [0.3, 0.4) is 0 Å². The molecule has 0 aliphatic carbocycles. The molecule has 0 aliphatic heterocycles. The summed E-state index contributed by atoms with van der Waals surface area (Å²) in [6.07, 6.45) is 0. The van der Waals surface area contributed by atoms with Crippen LogP contribution in [0.25, 0.3) is 0 Å². The molecular formula is C7H5F3N2O2. The van der Waals surface area contributed by atoms with Crippen molar-refractivity contribution in [2.75, 3.05) is 12.4 Å². The van der Waals surface area contributed by atoms with Gasteiger partial charge < -0.3 is 5.32 Å². The van der Waals surface area contributed by atoms with Crippen LogP contribution < -0.4 is 5.32 Å². The minimum Gasteiger partial charge on any atom is -0.380 e. The third-order valence-corrected chi connectivity index (χ3v) is 1.58. The number of benzene rings is 1. The molecular weight excluding hydrogens is 201 g/mol. The molecule has 0 radical (unpaired) electrons. The summed E-state index contributed by atoms with van der Waals surface area (Å²) < 4.78 is 38.3. The smallest absolute Gasteiger partial charge is 0.330 e. The highest BCUT2D eigenvalue weighted by Gasteiger charge is 2.26. The van der Waals surface area contributed by atoms with Crippen LogP contribution in [0.2, 0.25) is 0 Å². The fourth-order valence-corrected chi connectivity index (χ4v) is 0.992. The first-order chi connectivity index (χ1) is 6.49. The molecule has 0 spiro atoms. The van der Waals surface area contributed by atoms with Crippen molar-refractivity contribution in [2.24, 2.45) is 0 Å². The van der Waals surface area contributed by atoms with Gasteiger partial charge in [0.15, 0.2) is 17.3 Å².